The maximum Gasteiger partial charge on any atom is 0.201 e. The van der Waals surface area contributed by atoms with Crippen LogP contribution in [0.3, 0.4) is 0 Å². The SMILES string of the molecule is COc1ccc(C=C2Cc3ccc(O)c(O)c3O2)cc1O. The molecular weight excluding hydrogens is 272 g/mol. The van der Waals surface area contributed by atoms with Gasteiger partial charge in [-0.05, 0) is 29.8 Å². The zero-order valence-corrected chi connectivity index (χ0v) is 11.3. The van der Waals surface area contributed by atoms with Crippen molar-refractivity contribution in [2.24, 2.45) is 0 Å². The molecule has 0 amide bonds. The van der Waals surface area contributed by atoms with Crippen LogP contribution in [0.15, 0.2) is 36.1 Å². The summed E-state index contributed by atoms with van der Waals surface area (Å²) in [5, 5.41) is 29.0. The summed E-state index contributed by atoms with van der Waals surface area (Å²) in [6.45, 7) is 0. The Morgan fingerprint density at radius 2 is 1.90 bits per heavy atom. The van der Waals surface area contributed by atoms with Gasteiger partial charge < -0.3 is 24.8 Å². The summed E-state index contributed by atoms with van der Waals surface area (Å²) in [5.74, 6) is 0.873. The molecule has 108 valence electrons. The smallest absolute Gasteiger partial charge is 0.201 e. The molecule has 0 aromatic heterocycles. The van der Waals surface area contributed by atoms with Crippen molar-refractivity contribution in [3.63, 3.8) is 0 Å². The van der Waals surface area contributed by atoms with Crippen molar-refractivity contribution in [2.75, 3.05) is 7.11 Å². The summed E-state index contributed by atoms with van der Waals surface area (Å²) >= 11 is 0. The topological polar surface area (TPSA) is 79.2 Å². The molecule has 5 nitrogen and oxygen atoms in total. The lowest BCUT2D eigenvalue weighted by Gasteiger charge is -2.05. The van der Waals surface area contributed by atoms with Gasteiger partial charge >= 0.3 is 0 Å². The molecule has 1 aliphatic rings. The number of phenols is 3. The van der Waals surface area contributed by atoms with Crippen LogP contribution in [0.5, 0.6) is 28.7 Å². The van der Waals surface area contributed by atoms with Crippen LogP contribution in [0.25, 0.3) is 6.08 Å². The normalized spacial score (nSPS) is 14.8. The second kappa shape index (κ2) is 4.94. The van der Waals surface area contributed by atoms with E-state index in [0.29, 0.717) is 17.9 Å². The average molecular weight is 286 g/mol. The number of phenolic OH excluding ortho intramolecular Hbond substituents is 3. The third-order valence-corrected chi connectivity index (χ3v) is 3.32. The molecule has 0 radical (unpaired) electrons. The van der Waals surface area contributed by atoms with Gasteiger partial charge in [-0.15, -0.1) is 0 Å². The summed E-state index contributed by atoms with van der Waals surface area (Å²) in [4.78, 5) is 0. The highest BCUT2D eigenvalue weighted by Crippen LogP contribution is 2.44. The number of methoxy groups -OCH3 is 1. The first kappa shape index (κ1) is 13.2. The number of ether oxygens (including phenoxy) is 2. The van der Waals surface area contributed by atoms with Crippen LogP contribution in [0.4, 0.5) is 0 Å². The second-order valence-electron chi connectivity index (χ2n) is 4.74. The molecule has 2 aromatic rings. The van der Waals surface area contributed by atoms with Gasteiger partial charge in [0.1, 0.15) is 5.76 Å². The molecule has 0 fully saturated rings. The minimum atomic E-state index is -0.256. The van der Waals surface area contributed by atoms with Crippen molar-refractivity contribution in [3.8, 4) is 28.7 Å². The molecule has 0 spiro atoms. The largest absolute Gasteiger partial charge is 0.504 e. The molecule has 1 aliphatic heterocycles. The van der Waals surface area contributed by atoms with E-state index in [1.54, 1.807) is 30.3 Å². The van der Waals surface area contributed by atoms with Crippen LogP contribution in [0, 0.1) is 0 Å². The number of hydrogen-bond acceptors (Lipinski definition) is 5. The lowest BCUT2D eigenvalue weighted by molar-refractivity contribution is 0.368. The van der Waals surface area contributed by atoms with E-state index in [1.807, 2.05) is 0 Å². The minimum Gasteiger partial charge on any atom is -0.504 e. The molecule has 0 saturated carbocycles. The van der Waals surface area contributed by atoms with Crippen molar-refractivity contribution in [1.82, 2.24) is 0 Å². The third-order valence-electron chi connectivity index (χ3n) is 3.32. The number of allylic oxidation sites excluding steroid dienone is 1. The van der Waals surface area contributed by atoms with E-state index in [4.69, 9.17) is 9.47 Å². The van der Waals surface area contributed by atoms with Gasteiger partial charge in [0.2, 0.25) is 5.75 Å². The lowest BCUT2D eigenvalue weighted by atomic mass is 10.1. The lowest BCUT2D eigenvalue weighted by Crippen LogP contribution is -1.89. The molecule has 0 atom stereocenters. The van der Waals surface area contributed by atoms with Gasteiger partial charge in [0.25, 0.3) is 0 Å². The fourth-order valence-corrected chi connectivity index (χ4v) is 2.27. The molecule has 2 aromatic carbocycles. The van der Waals surface area contributed by atoms with Crippen LogP contribution >= 0.6 is 0 Å². The van der Waals surface area contributed by atoms with Crippen molar-refractivity contribution < 1.29 is 24.8 Å². The number of hydrogen-bond donors (Lipinski definition) is 3. The summed E-state index contributed by atoms with van der Waals surface area (Å²) in [6.07, 6.45) is 2.27. The Morgan fingerprint density at radius 3 is 2.62 bits per heavy atom. The minimum absolute atomic E-state index is 0.0443. The maximum absolute atomic E-state index is 9.76. The summed E-state index contributed by atoms with van der Waals surface area (Å²) in [6, 6.07) is 8.15. The molecule has 3 rings (SSSR count). The highest BCUT2D eigenvalue weighted by molar-refractivity contribution is 5.63. The van der Waals surface area contributed by atoms with Crippen molar-refractivity contribution in [1.29, 1.82) is 0 Å². The average Bonchev–Trinajstić information content (AvgIpc) is 2.87. The standard InChI is InChI=1S/C16H14O5/c1-20-14-5-2-9(7-13(14)18)6-11-8-10-3-4-12(17)15(19)16(10)21-11/h2-7,17-19H,8H2,1H3. The van der Waals surface area contributed by atoms with Gasteiger partial charge in [-0.2, -0.15) is 0 Å². The Balaban J connectivity index is 1.90. The highest BCUT2D eigenvalue weighted by atomic mass is 16.5. The monoisotopic (exact) mass is 286 g/mol. The zero-order valence-electron chi connectivity index (χ0n) is 11.3. The Morgan fingerprint density at radius 1 is 1.10 bits per heavy atom. The Kier molecular flexibility index (Phi) is 3.10. The molecule has 0 bridgehead atoms. The number of aromatic hydroxyl groups is 3. The molecule has 0 unspecified atom stereocenters. The van der Waals surface area contributed by atoms with Crippen molar-refractivity contribution >= 4 is 6.08 Å². The van der Waals surface area contributed by atoms with Crippen molar-refractivity contribution in [2.45, 2.75) is 6.42 Å². The molecule has 1 heterocycles. The molecule has 5 heteroatoms. The molecule has 0 aliphatic carbocycles. The predicted molar refractivity (Wildman–Crippen MR) is 76.7 cm³/mol. The summed E-state index contributed by atoms with van der Waals surface area (Å²) in [5.41, 5.74) is 1.55. The predicted octanol–water partition coefficient (Wildman–Crippen LogP) is 2.79. The maximum atomic E-state index is 9.76. The van der Waals surface area contributed by atoms with Crippen LogP contribution in [0.1, 0.15) is 11.1 Å². The third kappa shape index (κ3) is 2.33. The van der Waals surface area contributed by atoms with Crippen LogP contribution in [-0.2, 0) is 6.42 Å². The first-order valence-corrected chi connectivity index (χ1v) is 6.37. The molecule has 0 saturated heterocycles. The fraction of sp³-hybridized carbons (Fsp3) is 0.125. The second-order valence-corrected chi connectivity index (χ2v) is 4.74. The number of fused-ring (bicyclic) bond motifs is 1. The van der Waals surface area contributed by atoms with E-state index < -0.39 is 0 Å². The summed E-state index contributed by atoms with van der Waals surface area (Å²) in [7, 11) is 1.49. The van der Waals surface area contributed by atoms with Gasteiger partial charge in [0.15, 0.2) is 23.0 Å². The van der Waals surface area contributed by atoms with E-state index in [2.05, 4.69) is 0 Å². The number of benzene rings is 2. The van der Waals surface area contributed by atoms with E-state index in [1.165, 1.54) is 13.2 Å². The van der Waals surface area contributed by atoms with Crippen LogP contribution in [0.2, 0.25) is 0 Å². The Bertz CT molecular complexity index is 734. The zero-order chi connectivity index (χ0) is 15.0. The Labute approximate surface area is 121 Å². The van der Waals surface area contributed by atoms with Crippen molar-refractivity contribution in [3.05, 3.63) is 47.2 Å². The van der Waals surface area contributed by atoms with Crippen LogP contribution < -0.4 is 9.47 Å². The van der Waals surface area contributed by atoms with E-state index in [0.717, 1.165) is 11.1 Å². The van der Waals surface area contributed by atoms with Gasteiger partial charge in [-0.1, -0.05) is 12.1 Å². The number of rotatable bonds is 2. The first-order valence-electron chi connectivity index (χ1n) is 6.37. The highest BCUT2D eigenvalue weighted by Gasteiger charge is 2.23. The van der Waals surface area contributed by atoms with E-state index in [9.17, 15) is 15.3 Å². The molecular formula is C16H14O5. The van der Waals surface area contributed by atoms with Gasteiger partial charge in [-0.25, -0.2) is 0 Å². The van der Waals surface area contributed by atoms with Crippen LogP contribution in [-0.4, -0.2) is 22.4 Å². The van der Waals surface area contributed by atoms with Gasteiger partial charge in [0.05, 0.1) is 7.11 Å². The van der Waals surface area contributed by atoms with Gasteiger partial charge in [-0.3, -0.25) is 0 Å². The fourth-order valence-electron chi connectivity index (χ4n) is 2.27. The quantitative estimate of drug-likeness (QED) is 0.740. The molecule has 21 heavy (non-hydrogen) atoms. The Hall–Kier alpha value is -2.82. The van der Waals surface area contributed by atoms with E-state index >= 15 is 0 Å². The summed E-state index contributed by atoms with van der Waals surface area (Å²) < 4.78 is 10.5. The van der Waals surface area contributed by atoms with Gasteiger partial charge in [0, 0.05) is 12.0 Å². The first-order chi connectivity index (χ1) is 10.1. The van der Waals surface area contributed by atoms with E-state index in [-0.39, 0.29) is 23.0 Å². The molecule has 3 N–H and O–H groups in total.